The highest BCUT2D eigenvalue weighted by Gasteiger charge is 2.68. The van der Waals surface area contributed by atoms with Crippen LogP contribution in [-0.2, 0) is 4.74 Å². The van der Waals surface area contributed by atoms with Crippen LogP contribution in [0.1, 0.15) is 42.7 Å². The number of benzene rings is 1. The maximum atomic E-state index is 13.9. The first-order valence-corrected chi connectivity index (χ1v) is 6.00. The summed E-state index contributed by atoms with van der Waals surface area (Å²) in [5.74, 6) is -6.61. The lowest BCUT2D eigenvalue weighted by molar-refractivity contribution is 0.264. The number of ether oxygens (including phenoxy) is 1. The molecule has 5 heteroatoms. The fourth-order valence-corrected chi connectivity index (χ4v) is 3.88. The summed E-state index contributed by atoms with van der Waals surface area (Å²) in [7, 11) is 0. The monoisotopic (exact) mass is 258 g/mol. The highest BCUT2D eigenvalue weighted by Crippen LogP contribution is 2.66. The summed E-state index contributed by atoms with van der Waals surface area (Å²) in [4.78, 5) is 0. The fourth-order valence-electron chi connectivity index (χ4n) is 3.88. The van der Waals surface area contributed by atoms with Crippen molar-refractivity contribution in [3.63, 3.8) is 0 Å². The van der Waals surface area contributed by atoms with Gasteiger partial charge >= 0.3 is 0 Å². The third-order valence-corrected chi connectivity index (χ3v) is 4.77. The molecule has 2 fully saturated rings. The van der Waals surface area contributed by atoms with Crippen LogP contribution in [0.3, 0.4) is 0 Å². The molecule has 3 aliphatic carbocycles. The van der Waals surface area contributed by atoms with Gasteiger partial charge < -0.3 is 4.74 Å². The standard InChI is InChI=1S/C13H10F4O/c1-13-5-3-2-4(12(13)18-13)6-7(5)9(15)11(17)10(16)8(6)14/h4-5,12H,2-3H2,1H3/t4-,5-,12-,13+/m0/s1. The summed E-state index contributed by atoms with van der Waals surface area (Å²) >= 11 is 0. The Hall–Kier alpha value is -1.10. The second-order valence-electron chi connectivity index (χ2n) is 5.54. The van der Waals surface area contributed by atoms with E-state index in [1.807, 2.05) is 6.92 Å². The van der Waals surface area contributed by atoms with Crippen LogP contribution in [0.5, 0.6) is 0 Å². The number of fused-ring (bicyclic) bond motifs is 1. The van der Waals surface area contributed by atoms with Gasteiger partial charge in [-0.05, 0) is 19.8 Å². The maximum absolute atomic E-state index is 13.9. The first-order valence-electron chi connectivity index (χ1n) is 6.00. The van der Waals surface area contributed by atoms with Crippen molar-refractivity contribution in [2.45, 2.75) is 43.3 Å². The van der Waals surface area contributed by atoms with Gasteiger partial charge in [0, 0.05) is 23.0 Å². The van der Waals surface area contributed by atoms with Crippen LogP contribution >= 0.6 is 0 Å². The second kappa shape index (κ2) is 2.90. The quantitative estimate of drug-likeness (QED) is 0.301. The summed E-state index contributed by atoms with van der Waals surface area (Å²) < 4.78 is 60.0. The fraction of sp³-hybridized carbons (Fsp3) is 0.538. The molecule has 1 aromatic carbocycles. The molecule has 0 unspecified atom stereocenters. The van der Waals surface area contributed by atoms with Gasteiger partial charge in [0.05, 0.1) is 11.7 Å². The van der Waals surface area contributed by atoms with E-state index in [1.54, 1.807) is 0 Å². The van der Waals surface area contributed by atoms with Crippen molar-refractivity contribution in [3.05, 3.63) is 34.4 Å². The Balaban J connectivity index is 2.07. The average Bonchev–Trinajstić information content (AvgIpc) is 3.08. The summed E-state index contributed by atoms with van der Waals surface area (Å²) in [5, 5.41) is 0. The van der Waals surface area contributed by atoms with Gasteiger partial charge in [0.1, 0.15) is 0 Å². The Morgan fingerprint density at radius 1 is 0.944 bits per heavy atom. The van der Waals surface area contributed by atoms with E-state index in [9.17, 15) is 17.6 Å². The highest BCUT2D eigenvalue weighted by molar-refractivity contribution is 5.48. The minimum atomic E-state index is -1.71. The molecule has 2 bridgehead atoms. The van der Waals surface area contributed by atoms with Gasteiger partial charge in [-0.3, -0.25) is 0 Å². The van der Waals surface area contributed by atoms with Gasteiger partial charge in [0.2, 0.25) is 0 Å². The zero-order valence-electron chi connectivity index (χ0n) is 9.57. The Morgan fingerprint density at radius 2 is 1.56 bits per heavy atom. The van der Waals surface area contributed by atoms with Crippen LogP contribution in [0.15, 0.2) is 0 Å². The van der Waals surface area contributed by atoms with E-state index in [4.69, 9.17) is 4.74 Å². The number of hydrogen-bond donors (Lipinski definition) is 0. The molecule has 1 heterocycles. The van der Waals surface area contributed by atoms with E-state index in [2.05, 4.69) is 0 Å². The molecule has 4 aliphatic rings. The topological polar surface area (TPSA) is 12.5 Å². The maximum Gasteiger partial charge on any atom is 0.197 e. The minimum Gasteiger partial charge on any atom is -0.365 e. The lowest BCUT2D eigenvalue weighted by Gasteiger charge is -2.39. The largest absolute Gasteiger partial charge is 0.365 e. The molecule has 0 spiro atoms. The highest BCUT2D eigenvalue weighted by atomic mass is 19.2. The number of rotatable bonds is 0. The van der Waals surface area contributed by atoms with E-state index in [0.717, 1.165) is 0 Å². The molecular formula is C13H10F4O. The van der Waals surface area contributed by atoms with Crippen LogP contribution in [0.4, 0.5) is 17.6 Å². The molecule has 0 radical (unpaired) electrons. The molecule has 96 valence electrons. The molecule has 5 rings (SSSR count). The van der Waals surface area contributed by atoms with Gasteiger partial charge in [-0.2, -0.15) is 0 Å². The second-order valence-corrected chi connectivity index (χ2v) is 5.54. The smallest absolute Gasteiger partial charge is 0.197 e. The molecule has 1 saturated carbocycles. The molecular weight excluding hydrogens is 248 g/mol. The van der Waals surface area contributed by atoms with Crippen LogP contribution in [0, 0.1) is 23.3 Å². The molecule has 1 aliphatic heterocycles. The first kappa shape index (κ1) is 10.8. The third-order valence-electron chi connectivity index (χ3n) is 4.77. The predicted molar refractivity (Wildman–Crippen MR) is 54.3 cm³/mol. The van der Waals surface area contributed by atoms with Crippen LogP contribution < -0.4 is 0 Å². The predicted octanol–water partition coefficient (Wildman–Crippen LogP) is 3.38. The van der Waals surface area contributed by atoms with Gasteiger partial charge in [-0.1, -0.05) is 0 Å². The van der Waals surface area contributed by atoms with Crippen molar-refractivity contribution < 1.29 is 22.3 Å². The Kier molecular flexibility index (Phi) is 1.74. The number of halogens is 4. The molecule has 0 aromatic heterocycles. The van der Waals surface area contributed by atoms with E-state index < -0.39 is 28.9 Å². The normalized spacial score (nSPS) is 39.5. The minimum absolute atomic E-state index is 0.00102. The van der Waals surface area contributed by atoms with E-state index in [1.165, 1.54) is 0 Å². The summed E-state index contributed by atoms with van der Waals surface area (Å²) in [6.07, 6.45) is 1.09. The zero-order chi connectivity index (χ0) is 12.8. The van der Waals surface area contributed by atoms with E-state index in [0.29, 0.717) is 12.8 Å². The van der Waals surface area contributed by atoms with E-state index in [-0.39, 0.29) is 29.1 Å². The number of hydrogen-bond acceptors (Lipinski definition) is 1. The molecule has 1 nitrogen and oxygen atoms in total. The molecule has 4 atom stereocenters. The van der Waals surface area contributed by atoms with Gasteiger partial charge in [0.15, 0.2) is 23.3 Å². The van der Waals surface area contributed by atoms with Crippen LogP contribution in [-0.4, -0.2) is 11.7 Å². The molecule has 0 N–H and O–H groups in total. The molecule has 1 aromatic rings. The van der Waals surface area contributed by atoms with Crippen molar-refractivity contribution in [1.82, 2.24) is 0 Å². The van der Waals surface area contributed by atoms with Crippen LogP contribution in [0.25, 0.3) is 0 Å². The lowest BCUT2D eigenvalue weighted by Crippen LogP contribution is -2.38. The molecule has 1 saturated heterocycles. The van der Waals surface area contributed by atoms with E-state index >= 15 is 0 Å². The van der Waals surface area contributed by atoms with Gasteiger partial charge in [-0.25, -0.2) is 17.6 Å². The van der Waals surface area contributed by atoms with Crippen LogP contribution in [0.2, 0.25) is 0 Å². The zero-order valence-corrected chi connectivity index (χ0v) is 9.57. The Labute approximate surface area is 101 Å². The third kappa shape index (κ3) is 0.955. The molecule has 18 heavy (non-hydrogen) atoms. The van der Waals surface area contributed by atoms with Gasteiger partial charge in [0.25, 0.3) is 0 Å². The van der Waals surface area contributed by atoms with Gasteiger partial charge in [-0.15, -0.1) is 0 Å². The van der Waals surface area contributed by atoms with Crippen molar-refractivity contribution >= 4 is 0 Å². The average molecular weight is 258 g/mol. The number of epoxide rings is 1. The Morgan fingerprint density at radius 3 is 2.22 bits per heavy atom. The molecule has 0 amide bonds. The van der Waals surface area contributed by atoms with Crippen molar-refractivity contribution in [2.75, 3.05) is 0 Å². The van der Waals surface area contributed by atoms with Crippen molar-refractivity contribution in [1.29, 1.82) is 0 Å². The van der Waals surface area contributed by atoms with Crippen molar-refractivity contribution in [2.24, 2.45) is 0 Å². The SMILES string of the molecule is C[C@]12O[C@H]1[C@H]1CC[C@H]2c2c(F)c(F)c(F)c(F)c21. The lowest BCUT2D eigenvalue weighted by atomic mass is 9.62. The summed E-state index contributed by atoms with van der Waals surface area (Å²) in [6.45, 7) is 1.83. The Bertz CT molecular complexity index is 585. The summed E-state index contributed by atoms with van der Waals surface area (Å²) in [6, 6.07) is 0. The van der Waals surface area contributed by atoms with Crippen molar-refractivity contribution in [3.8, 4) is 0 Å². The summed E-state index contributed by atoms with van der Waals surface area (Å²) in [5.41, 5.74) is -0.519. The first-order chi connectivity index (χ1) is 8.47.